The second kappa shape index (κ2) is 2.16. The van der Waals surface area contributed by atoms with Crippen LogP contribution in [0.3, 0.4) is 0 Å². The highest BCUT2D eigenvalue weighted by atomic mass is 16.5. The van der Waals surface area contributed by atoms with E-state index in [1.54, 1.807) is 0 Å². The Kier molecular flexibility index (Phi) is 1.60. The normalized spacial score (nSPS) is 19.5. The number of rotatable bonds is 1. The lowest BCUT2D eigenvalue weighted by Crippen LogP contribution is -2.48. The fourth-order valence-corrected chi connectivity index (χ4v) is 1.07. The summed E-state index contributed by atoms with van der Waals surface area (Å²) in [5, 5.41) is 0. The van der Waals surface area contributed by atoms with Crippen molar-refractivity contribution in [2.75, 3.05) is 13.2 Å². The molecule has 58 valence electrons. The van der Waals surface area contributed by atoms with Crippen molar-refractivity contribution in [1.82, 2.24) is 4.90 Å². The van der Waals surface area contributed by atoms with Crippen LogP contribution in [0.5, 0.6) is 0 Å². The number of nitrogens with zero attached hydrogens (tertiary/aromatic N) is 1. The Morgan fingerprint density at radius 3 is 2.50 bits per heavy atom. The van der Waals surface area contributed by atoms with E-state index in [9.17, 15) is 0 Å². The van der Waals surface area contributed by atoms with E-state index in [2.05, 4.69) is 6.58 Å². The fraction of sp³-hybridized carbons (Fsp3) is 0.714. The molecular weight excluding hydrogens is 128 g/mol. The second-order valence-corrected chi connectivity index (χ2v) is 3.05. The van der Waals surface area contributed by atoms with E-state index >= 15 is 0 Å². The first-order valence-corrected chi connectivity index (χ1v) is 3.40. The van der Waals surface area contributed by atoms with Gasteiger partial charge in [-0.25, -0.2) is 0 Å². The van der Waals surface area contributed by atoms with E-state index in [-0.39, 0.29) is 5.66 Å². The number of nitrogens with two attached hydrogens (primary N) is 1. The first kappa shape index (κ1) is 7.41. The van der Waals surface area contributed by atoms with E-state index in [0.717, 1.165) is 6.54 Å². The van der Waals surface area contributed by atoms with Gasteiger partial charge in [-0.1, -0.05) is 0 Å². The molecule has 1 heterocycles. The van der Waals surface area contributed by atoms with E-state index in [1.165, 1.54) is 0 Å². The summed E-state index contributed by atoms with van der Waals surface area (Å²) in [4.78, 5) is 1.95. The minimum absolute atomic E-state index is 0.340. The van der Waals surface area contributed by atoms with Crippen molar-refractivity contribution >= 4 is 0 Å². The van der Waals surface area contributed by atoms with Crippen molar-refractivity contribution in [2.24, 2.45) is 5.73 Å². The maximum absolute atomic E-state index is 5.82. The molecule has 0 aromatic heterocycles. The standard InChI is InChI=1S/C7H14N2O/c1-6-9(4-5-10-6)7(2,3)8/h1,4-5,8H2,2-3H3. The number of hydrogen-bond donors (Lipinski definition) is 1. The molecule has 1 aliphatic heterocycles. The van der Waals surface area contributed by atoms with Crippen molar-refractivity contribution in [3.8, 4) is 0 Å². The van der Waals surface area contributed by atoms with Crippen LogP contribution < -0.4 is 5.73 Å². The highest BCUT2D eigenvalue weighted by Gasteiger charge is 2.27. The van der Waals surface area contributed by atoms with Gasteiger partial charge in [0.25, 0.3) is 0 Å². The molecule has 1 fully saturated rings. The molecular formula is C7H14N2O. The quantitative estimate of drug-likeness (QED) is 0.579. The molecule has 10 heavy (non-hydrogen) atoms. The Morgan fingerprint density at radius 1 is 1.70 bits per heavy atom. The van der Waals surface area contributed by atoms with Crippen LogP contribution in [0.4, 0.5) is 0 Å². The van der Waals surface area contributed by atoms with Crippen LogP contribution in [0.25, 0.3) is 0 Å². The Hall–Kier alpha value is -0.700. The van der Waals surface area contributed by atoms with Gasteiger partial charge in [-0.05, 0) is 20.4 Å². The molecule has 0 spiro atoms. The van der Waals surface area contributed by atoms with Gasteiger partial charge in [0.05, 0.1) is 12.2 Å². The first-order chi connectivity index (χ1) is 4.52. The number of hydrogen-bond acceptors (Lipinski definition) is 3. The number of ether oxygens (including phenoxy) is 1. The second-order valence-electron chi connectivity index (χ2n) is 3.05. The molecule has 1 rings (SSSR count). The van der Waals surface area contributed by atoms with E-state index in [1.807, 2.05) is 18.7 Å². The zero-order valence-electron chi connectivity index (χ0n) is 6.55. The molecule has 0 aromatic carbocycles. The first-order valence-electron chi connectivity index (χ1n) is 3.40. The predicted octanol–water partition coefficient (Wildman–Crippen LogP) is 0.485. The summed E-state index contributed by atoms with van der Waals surface area (Å²) >= 11 is 0. The SMILES string of the molecule is C=C1OCCN1C(C)(C)N. The molecule has 0 aromatic rings. The molecule has 1 saturated heterocycles. The molecule has 1 aliphatic rings. The molecule has 0 aliphatic carbocycles. The minimum atomic E-state index is -0.340. The van der Waals surface area contributed by atoms with Crippen LogP contribution in [0.2, 0.25) is 0 Å². The maximum atomic E-state index is 5.82. The van der Waals surface area contributed by atoms with Gasteiger partial charge in [-0.3, -0.25) is 0 Å². The van der Waals surface area contributed by atoms with Gasteiger partial charge >= 0.3 is 0 Å². The minimum Gasteiger partial charge on any atom is -0.478 e. The van der Waals surface area contributed by atoms with Crippen LogP contribution in [0.15, 0.2) is 12.5 Å². The zero-order chi connectivity index (χ0) is 7.78. The third-order valence-corrected chi connectivity index (χ3v) is 1.58. The van der Waals surface area contributed by atoms with Crippen LogP contribution in [0.1, 0.15) is 13.8 Å². The highest BCUT2D eigenvalue weighted by Crippen LogP contribution is 2.19. The van der Waals surface area contributed by atoms with Gasteiger partial charge in [0.2, 0.25) is 0 Å². The molecule has 0 amide bonds. The van der Waals surface area contributed by atoms with Crippen LogP contribution in [0, 0.1) is 0 Å². The average molecular weight is 142 g/mol. The van der Waals surface area contributed by atoms with E-state index in [0.29, 0.717) is 12.5 Å². The summed E-state index contributed by atoms with van der Waals surface area (Å²) in [6.45, 7) is 9.16. The summed E-state index contributed by atoms with van der Waals surface area (Å²) in [5.74, 6) is 0.688. The van der Waals surface area contributed by atoms with Gasteiger partial charge in [-0.15, -0.1) is 0 Å². The molecule has 3 nitrogen and oxygen atoms in total. The molecule has 0 saturated carbocycles. The van der Waals surface area contributed by atoms with Gasteiger partial charge in [0.1, 0.15) is 6.61 Å². The lowest BCUT2D eigenvalue weighted by Gasteiger charge is -2.31. The Labute approximate surface area is 61.4 Å². The third-order valence-electron chi connectivity index (χ3n) is 1.58. The van der Waals surface area contributed by atoms with Crippen molar-refractivity contribution in [1.29, 1.82) is 0 Å². The van der Waals surface area contributed by atoms with Crippen LogP contribution in [-0.2, 0) is 4.74 Å². The predicted molar refractivity (Wildman–Crippen MR) is 40.1 cm³/mol. The molecule has 0 bridgehead atoms. The largest absolute Gasteiger partial charge is 0.478 e. The summed E-state index contributed by atoms with van der Waals surface area (Å²) < 4.78 is 5.14. The third kappa shape index (κ3) is 1.24. The van der Waals surface area contributed by atoms with E-state index < -0.39 is 0 Å². The molecule has 0 atom stereocenters. The molecule has 0 unspecified atom stereocenters. The smallest absolute Gasteiger partial charge is 0.183 e. The Bertz CT molecular complexity index is 148. The van der Waals surface area contributed by atoms with Crippen LogP contribution >= 0.6 is 0 Å². The summed E-state index contributed by atoms with van der Waals surface area (Å²) in [6.07, 6.45) is 0. The maximum Gasteiger partial charge on any atom is 0.183 e. The Morgan fingerprint density at radius 2 is 2.30 bits per heavy atom. The van der Waals surface area contributed by atoms with Crippen molar-refractivity contribution in [3.63, 3.8) is 0 Å². The topological polar surface area (TPSA) is 38.5 Å². The summed E-state index contributed by atoms with van der Waals surface area (Å²) in [6, 6.07) is 0. The lowest BCUT2D eigenvalue weighted by molar-refractivity contribution is 0.158. The summed E-state index contributed by atoms with van der Waals surface area (Å²) in [5.41, 5.74) is 5.48. The van der Waals surface area contributed by atoms with Crippen LogP contribution in [-0.4, -0.2) is 23.7 Å². The van der Waals surface area contributed by atoms with Crippen molar-refractivity contribution < 1.29 is 4.74 Å². The monoisotopic (exact) mass is 142 g/mol. The Balaban J connectivity index is 2.64. The zero-order valence-corrected chi connectivity index (χ0v) is 6.55. The van der Waals surface area contributed by atoms with Gasteiger partial charge < -0.3 is 15.4 Å². The highest BCUT2D eigenvalue weighted by molar-refractivity contribution is 4.94. The molecule has 3 heteroatoms. The van der Waals surface area contributed by atoms with Gasteiger partial charge in [0.15, 0.2) is 5.88 Å². The lowest BCUT2D eigenvalue weighted by atomic mass is 10.2. The average Bonchev–Trinajstić information content (AvgIpc) is 2.11. The van der Waals surface area contributed by atoms with Gasteiger partial charge in [-0.2, -0.15) is 0 Å². The molecule has 0 radical (unpaired) electrons. The molecule has 2 N–H and O–H groups in total. The fourth-order valence-electron chi connectivity index (χ4n) is 1.07. The van der Waals surface area contributed by atoms with E-state index in [4.69, 9.17) is 10.5 Å². The van der Waals surface area contributed by atoms with Gasteiger partial charge in [0, 0.05) is 0 Å². The van der Waals surface area contributed by atoms with Crippen molar-refractivity contribution in [3.05, 3.63) is 12.5 Å². The van der Waals surface area contributed by atoms with Crippen molar-refractivity contribution in [2.45, 2.75) is 19.5 Å². The summed E-state index contributed by atoms with van der Waals surface area (Å²) in [7, 11) is 0.